The summed E-state index contributed by atoms with van der Waals surface area (Å²) in [4.78, 5) is 9.86. The molecule has 5 heteroatoms. The van der Waals surface area contributed by atoms with Crippen LogP contribution < -0.4 is 5.32 Å². The van der Waals surface area contributed by atoms with Crippen LogP contribution in [-0.4, -0.2) is 11.5 Å². The molecule has 1 N–H and O–H groups in total. The monoisotopic (exact) mass is 253 g/mol. The van der Waals surface area contributed by atoms with Gasteiger partial charge >= 0.3 is 0 Å². The first kappa shape index (κ1) is 12.5. The first-order valence-corrected chi connectivity index (χ1v) is 3.43. The van der Waals surface area contributed by atoms with Crippen molar-refractivity contribution in [1.29, 1.82) is 0 Å². The van der Waals surface area contributed by atoms with E-state index in [2.05, 4.69) is 18.3 Å². The standard InChI is InChI=1S/C8H8N2O2.Y/c1-2-9-7-4-3-5-8(6-7)10(11)12;/h3,5-6,9H,1-2H2;/q-2;. The average molecular weight is 253 g/mol. The summed E-state index contributed by atoms with van der Waals surface area (Å²) < 4.78 is 0. The van der Waals surface area contributed by atoms with E-state index in [1.165, 1.54) is 18.2 Å². The molecule has 0 unspecified atom stereocenters. The molecular formula is C8H8N2O2Y-2. The SMILES string of the molecule is [CH2-]CNc1[c-]ccc([N+](=O)[O-])c1.[Y]. The van der Waals surface area contributed by atoms with Crippen molar-refractivity contribution in [3.63, 3.8) is 0 Å². The number of non-ortho nitro benzene ring substituents is 1. The minimum atomic E-state index is -0.442. The molecular weight excluding hydrogens is 245 g/mol. The van der Waals surface area contributed by atoms with Gasteiger partial charge in [-0.05, 0) is 0 Å². The maximum absolute atomic E-state index is 10.3. The van der Waals surface area contributed by atoms with E-state index >= 15 is 0 Å². The Balaban J connectivity index is 0.00000144. The molecule has 0 bridgehead atoms. The van der Waals surface area contributed by atoms with Crippen molar-refractivity contribution in [3.05, 3.63) is 41.3 Å². The van der Waals surface area contributed by atoms with E-state index < -0.39 is 4.92 Å². The summed E-state index contributed by atoms with van der Waals surface area (Å²) in [5.74, 6) is 0. The van der Waals surface area contributed by atoms with Crippen LogP contribution in [0.3, 0.4) is 0 Å². The van der Waals surface area contributed by atoms with Crippen LogP contribution in [0.2, 0.25) is 0 Å². The van der Waals surface area contributed by atoms with Crippen molar-refractivity contribution in [3.8, 4) is 0 Å². The van der Waals surface area contributed by atoms with Crippen molar-refractivity contribution in [2.24, 2.45) is 0 Å². The number of benzene rings is 1. The molecule has 0 spiro atoms. The van der Waals surface area contributed by atoms with Crippen molar-refractivity contribution < 1.29 is 37.6 Å². The van der Waals surface area contributed by atoms with Crippen molar-refractivity contribution in [2.75, 3.05) is 11.9 Å². The van der Waals surface area contributed by atoms with Crippen molar-refractivity contribution >= 4 is 11.4 Å². The third kappa shape index (κ3) is 3.83. The normalized spacial score (nSPS) is 8.69. The molecule has 0 saturated carbocycles. The molecule has 0 saturated heterocycles. The zero-order valence-electron chi connectivity index (χ0n) is 6.99. The number of anilines is 1. The maximum Gasteiger partial charge on any atom is 0.168 e. The Morgan fingerprint density at radius 2 is 2.38 bits per heavy atom. The predicted octanol–water partition coefficient (Wildman–Crippen LogP) is 1.64. The van der Waals surface area contributed by atoms with Crippen molar-refractivity contribution in [1.82, 2.24) is 0 Å². The molecule has 0 fully saturated rings. The van der Waals surface area contributed by atoms with E-state index in [1.54, 1.807) is 0 Å². The summed E-state index contributed by atoms with van der Waals surface area (Å²) in [6, 6.07) is 7.14. The Morgan fingerprint density at radius 1 is 1.69 bits per heavy atom. The molecule has 0 atom stereocenters. The smallest absolute Gasteiger partial charge is 0.168 e. The summed E-state index contributed by atoms with van der Waals surface area (Å²) >= 11 is 0. The summed E-state index contributed by atoms with van der Waals surface area (Å²) in [7, 11) is 0. The second-order valence-corrected chi connectivity index (χ2v) is 2.14. The van der Waals surface area contributed by atoms with Crippen LogP contribution in [0, 0.1) is 23.1 Å². The summed E-state index contributed by atoms with van der Waals surface area (Å²) in [6.07, 6.45) is 0. The summed E-state index contributed by atoms with van der Waals surface area (Å²) in [6.45, 7) is 4.04. The Hall–Kier alpha value is -0.476. The molecule has 0 aliphatic heterocycles. The van der Waals surface area contributed by atoms with Gasteiger partial charge in [-0.25, -0.2) is 0 Å². The molecule has 0 aromatic heterocycles. The van der Waals surface area contributed by atoms with Crippen LogP contribution in [0.4, 0.5) is 11.4 Å². The topological polar surface area (TPSA) is 55.2 Å². The molecule has 0 heterocycles. The molecule has 13 heavy (non-hydrogen) atoms. The number of nitrogens with one attached hydrogen (secondary N) is 1. The molecule has 0 aliphatic carbocycles. The number of nitro benzene ring substituents is 1. The number of nitrogens with zero attached hydrogens (tertiary/aromatic N) is 1. The van der Waals surface area contributed by atoms with Crippen LogP contribution >= 0.6 is 0 Å². The predicted molar refractivity (Wildman–Crippen MR) is 45.8 cm³/mol. The maximum atomic E-state index is 10.3. The Labute approximate surface area is 102 Å². The van der Waals surface area contributed by atoms with Gasteiger partial charge in [-0.15, -0.1) is 6.54 Å². The van der Waals surface area contributed by atoms with Crippen LogP contribution in [0.5, 0.6) is 0 Å². The minimum Gasteiger partial charge on any atom is -0.436 e. The largest absolute Gasteiger partial charge is 0.436 e. The number of hydrogen-bond donors (Lipinski definition) is 1. The van der Waals surface area contributed by atoms with Gasteiger partial charge in [0.15, 0.2) is 5.69 Å². The Kier molecular flexibility index (Phi) is 5.83. The zero-order chi connectivity index (χ0) is 8.97. The van der Waals surface area contributed by atoms with E-state index in [4.69, 9.17) is 0 Å². The van der Waals surface area contributed by atoms with Gasteiger partial charge < -0.3 is 12.2 Å². The second kappa shape index (κ2) is 6.05. The third-order valence-corrected chi connectivity index (χ3v) is 1.31. The number of nitro groups is 1. The van der Waals surface area contributed by atoms with E-state index in [0.717, 1.165) is 0 Å². The van der Waals surface area contributed by atoms with Gasteiger partial charge in [0.2, 0.25) is 0 Å². The fourth-order valence-corrected chi connectivity index (χ4v) is 0.805. The Morgan fingerprint density at radius 3 is 2.92 bits per heavy atom. The quantitative estimate of drug-likeness (QED) is 0.506. The van der Waals surface area contributed by atoms with Gasteiger partial charge in [-0.3, -0.25) is 10.1 Å². The van der Waals surface area contributed by atoms with Gasteiger partial charge in [0, 0.05) is 37.6 Å². The van der Waals surface area contributed by atoms with Crippen LogP contribution in [-0.2, 0) is 32.7 Å². The van der Waals surface area contributed by atoms with Crippen molar-refractivity contribution in [2.45, 2.75) is 0 Å². The molecule has 4 nitrogen and oxygen atoms in total. The molecule has 1 rings (SSSR count). The van der Waals surface area contributed by atoms with Gasteiger partial charge in [0.1, 0.15) is 0 Å². The molecule has 1 radical (unpaired) electrons. The van der Waals surface area contributed by atoms with Crippen LogP contribution in [0.25, 0.3) is 0 Å². The van der Waals surface area contributed by atoms with E-state index in [1.807, 2.05) is 0 Å². The van der Waals surface area contributed by atoms with E-state index in [9.17, 15) is 10.1 Å². The van der Waals surface area contributed by atoms with Crippen LogP contribution in [0.15, 0.2) is 18.2 Å². The number of hydrogen-bond acceptors (Lipinski definition) is 3. The third-order valence-electron chi connectivity index (χ3n) is 1.31. The fourth-order valence-electron chi connectivity index (χ4n) is 0.805. The van der Waals surface area contributed by atoms with Crippen LogP contribution in [0.1, 0.15) is 0 Å². The minimum absolute atomic E-state index is 0. The van der Waals surface area contributed by atoms with Gasteiger partial charge in [-0.1, -0.05) is 17.8 Å². The number of rotatable bonds is 3. The average Bonchev–Trinajstić information content (AvgIpc) is 2.05. The Bertz CT molecular complexity index is 291. The van der Waals surface area contributed by atoms with E-state index in [-0.39, 0.29) is 38.4 Å². The molecule has 1 aromatic rings. The summed E-state index contributed by atoms with van der Waals surface area (Å²) in [5, 5.41) is 13.1. The first-order valence-electron chi connectivity index (χ1n) is 3.43. The summed E-state index contributed by atoms with van der Waals surface area (Å²) in [5.41, 5.74) is 0.656. The molecule has 67 valence electrons. The fraction of sp³-hybridized carbons (Fsp3) is 0.125. The second-order valence-electron chi connectivity index (χ2n) is 2.14. The van der Waals surface area contributed by atoms with Gasteiger partial charge in [0.05, 0.1) is 0 Å². The van der Waals surface area contributed by atoms with E-state index in [0.29, 0.717) is 12.2 Å². The molecule has 0 amide bonds. The zero-order valence-corrected chi connectivity index (χ0v) is 9.83. The first-order chi connectivity index (χ1) is 5.74. The van der Waals surface area contributed by atoms with Gasteiger partial charge in [-0.2, -0.15) is 12.1 Å². The molecule has 1 aromatic carbocycles. The van der Waals surface area contributed by atoms with Gasteiger partial charge in [0.25, 0.3) is 0 Å². The molecule has 0 aliphatic rings.